The van der Waals surface area contributed by atoms with Gasteiger partial charge < -0.3 is 9.64 Å². The number of rotatable bonds is 3. The smallest absolute Gasteiger partial charge is 0.260 e. The zero-order chi connectivity index (χ0) is 16.3. The molecule has 1 amide bonds. The molecule has 10 heteroatoms. The fourth-order valence-electron chi connectivity index (χ4n) is 3.18. The number of hydrogen-bond donors (Lipinski definition) is 0. The van der Waals surface area contributed by atoms with Gasteiger partial charge in [0.1, 0.15) is 23.5 Å². The molecule has 0 N–H and O–H groups in total. The fraction of sp³-hybridized carbons (Fsp3) is 0.769. The molecule has 23 heavy (non-hydrogen) atoms. The van der Waals surface area contributed by atoms with Gasteiger partial charge in [-0.05, 0) is 12.8 Å². The van der Waals surface area contributed by atoms with Crippen molar-refractivity contribution in [3.8, 4) is 0 Å². The molecule has 1 saturated carbocycles. The molecule has 0 aromatic carbocycles. The molecule has 0 bridgehead atoms. The number of sulfone groups is 1. The molecule has 0 radical (unpaired) electrons. The Hall–Kier alpha value is -1.55. The second-order valence-electron chi connectivity index (χ2n) is 6.67. The van der Waals surface area contributed by atoms with Gasteiger partial charge in [-0.25, -0.2) is 17.8 Å². The van der Waals surface area contributed by atoms with Crippen LogP contribution in [0, 0.1) is 0 Å². The van der Waals surface area contributed by atoms with E-state index in [-0.39, 0.29) is 44.8 Å². The Morgan fingerprint density at radius 2 is 2.13 bits per heavy atom. The van der Waals surface area contributed by atoms with Crippen LogP contribution in [0.1, 0.15) is 12.8 Å². The van der Waals surface area contributed by atoms with Gasteiger partial charge in [-0.3, -0.25) is 9.48 Å². The van der Waals surface area contributed by atoms with E-state index in [4.69, 9.17) is 4.74 Å². The Bertz CT molecular complexity index is 725. The third kappa shape index (κ3) is 2.53. The van der Waals surface area contributed by atoms with Gasteiger partial charge in [0, 0.05) is 0 Å². The number of likely N-dealkylation sites (tertiary alicyclic amines) is 1. The molecule has 1 aromatic rings. The highest BCUT2D eigenvalue weighted by molar-refractivity contribution is 7.92. The van der Waals surface area contributed by atoms with Gasteiger partial charge in [0.05, 0.1) is 32.0 Å². The zero-order valence-corrected chi connectivity index (χ0v) is 13.2. The van der Waals surface area contributed by atoms with Gasteiger partial charge in [-0.2, -0.15) is 5.10 Å². The summed E-state index contributed by atoms with van der Waals surface area (Å²) in [4.78, 5) is 17.0. The van der Waals surface area contributed by atoms with Gasteiger partial charge in [0.15, 0.2) is 15.5 Å². The molecule has 1 aromatic heterocycles. The van der Waals surface area contributed by atoms with E-state index in [1.165, 1.54) is 22.2 Å². The van der Waals surface area contributed by atoms with E-state index in [2.05, 4.69) is 10.1 Å². The van der Waals surface area contributed by atoms with E-state index in [1.807, 2.05) is 0 Å². The van der Waals surface area contributed by atoms with Crippen LogP contribution in [-0.2, 0) is 25.9 Å². The largest absolute Gasteiger partial charge is 0.369 e. The number of halogens is 1. The molecule has 8 nitrogen and oxygen atoms in total. The first-order valence-electron chi connectivity index (χ1n) is 7.48. The summed E-state index contributed by atoms with van der Waals surface area (Å²) >= 11 is 0. The van der Waals surface area contributed by atoms with Gasteiger partial charge in [0.25, 0.3) is 5.91 Å². The minimum Gasteiger partial charge on any atom is -0.369 e. The van der Waals surface area contributed by atoms with Gasteiger partial charge >= 0.3 is 0 Å². The van der Waals surface area contributed by atoms with E-state index in [9.17, 15) is 17.6 Å². The van der Waals surface area contributed by atoms with Crippen LogP contribution in [0.2, 0.25) is 0 Å². The Morgan fingerprint density at radius 3 is 2.70 bits per heavy atom. The Labute approximate surface area is 132 Å². The summed E-state index contributed by atoms with van der Waals surface area (Å²) in [5, 5.41) is 3.22. The van der Waals surface area contributed by atoms with Crippen LogP contribution >= 0.6 is 0 Å². The molecule has 1 spiro atoms. The minimum atomic E-state index is -3.38. The molecule has 0 unspecified atom stereocenters. The average Bonchev–Trinajstić information content (AvgIpc) is 2.99. The maximum Gasteiger partial charge on any atom is 0.260 e. The van der Waals surface area contributed by atoms with E-state index < -0.39 is 32.3 Å². The second kappa shape index (κ2) is 4.73. The highest BCUT2D eigenvalue weighted by atomic mass is 32.2. The Kier molecular flexibility index (Phi) is 3.08. The summed E-state index contributed by atoms with van der Waals surface area (Å²) in [5.41, 5.74) is -2.59. The van der Waals surface area contributed by atoms with Crippen molar-refractivity contribution in [1.29, 1.82) is 0 Å². The van der Waals surface area contributed by atoms with Crippen molar-refractivity contribution in [3.63, 3.8) is 0 Å². The predicted octanol–water partition coefficient (Wildman–Crippen LogP) is -0.825. The van der Waals surface area contributed by atoms with Crippen molar-refractivity contribution in [3.05, 3.63) is 12.7 Å². The summed E-state index contributed by atoms with van der Waals surface area (Å²) in [5.74, 6) is -0.684. The lowest BCUT2D eigenvalue weighted by molar-refractivity contribution is -0.171. The number of carbonyl (C=O) groups excluding carboxylic acids is 1. The number of amides is 1. The molecule has 3 aliphatic rings. The zero-order valence-electron chi connectivity index (χ0n) is 12.4. The number of alkyl halides is 1. The third-order valence-corrected chi connectivity index (χ3v) is 6.95. The lowest BCUT2D eigenvalue weighted by atomic mass is 9.95. The summed E-state index contributed by atoms with van der Waals surface area (Å²) in [6, 6.07) is 0. The van der Waals surface area contributed by atoms with E-state index in [0.717, 1.165) is 0 Å². The SMILES string of the molecule is O=C(N1CC2(C1)CS(=O)(=O)[C@@H](Cn1cncn1)CO2)C1(F)CC1. The standard InChI is InChI=1S/C13H17FN4O4S/c14-13(1-2-13)11(19)17-5-12(6-17)7-23(20,21)10(4-22-12)3-18-9-15-8-16-18/h8-10H,1-7H2/t10-/m0/s1. The molecule has 1 aliphatic carbocycles. The number of hydrogen-bond acceptors (Lipinski definition) is 6. The highest BCUT2D eigenvalue weighted by Gasteiger charge is 2.60. The molecule has 3 heterocycles. The number of carbonyl (C=O) groups is 1. The van der Waals surface area contributed by atoms with Crippen LogP contribution in [0.5, 0.6) is 0 Å². The quantitative estimate of drug-likeness (QED) is 0.711. The maximum absolute atomic E-state index is 13.8. The monoisotopic (exact) mass is 344 g/mol. The Balaban J connectivity index is 1.40. The molecule has 2 aliphatic heterocycles. The van der Waals surface area contributed by atoms with Crippen LogP contribution in [0.3, 0.4) is 0 Å². The van der Waals surface area contributed by atoms with Crippen molar-refractivity contribution in [1.82, 2.24) is 19.7 Å². The maximum atomic E-state index is 13.8. The highest BCUT2D eigenvalue weighted by Crippen LogP contribution is 2.44. The molecular weight excluding hydrogens is 327 g/mol. The molecule has 1 atom stereocenters. The summed E-state index contributed by atoms with van der Waals surface area (Å²) < 4.78 is 46.0. The first-order chi connectivity index (χ1) is 10.8. The molecule has 2 saturated heterocycles. The molecule has 4 rings (SSSR count). The first-order valence-corrected chi connectivity index (χ1v) is 9.20. The van der Waals surface area contributed by atoms with E-state index in [0.29, 0.717) is 0 Å². The Morgan fingerprint density at radius 1 is 1.39 bits per heavy atom. The topological polar surface area (TPSA) is 94.4 Å². The van der Waals surface area contributed by atoms with Crippen LogP contribution in [-0.4, -0.2) is 76.0 Å². The average molecular weight is 344 g/mol. The summed E-state index contributed by atoms with van der Waals surface area (Å²) in [6.07, 6.45) is 3.32. The number of ether oxygens (including phenoxy) is 1. The summed E-state index contributed by atoms with van der Waals surface area (Å²) in [7, 11) is -3.38. The molecule has 126 valence electrons. The fourth-order valence-corrected chi connectivity index (χ4v) is 5.07. The van der Waals surface area contributed by atoms with Crippen molar-refractivity contribution in [2.45, 2.75) is 35.9 Å². The van der Waals surface area contributed by atoms with E-state index in [1.54, 1.807) is 0 Å². The lowest BCUT2D eigenvalue weighted by Gasteiger charge is -2.52. The summed E-state index contributed by atoms with van der Waals surface area (Å²) in [6.45, 7) is 0.527. The van der Waals surface area contributed by atoms with Crippen molar-refractivity contribution < 1.29 is 22.3 Å². The second-order valence-corrected chi connectivity index (χ2v) is 8.95. The predicted molar refractivity (Wildman–Crippen MR) is 75.9 cm³/mol. The first kappa shape index (κ1) is 15.0. The van der Waals surface area contributed by atoms with Crippen LogP contribution in [0.4, 0.5) is 4.39 Å². The lowest BCUT2D eigenvalue weighted by Crippen LogP contribution is -2.71. The molecule has 3 fully saturated rings. The number of nitrogens with zero attached hydrogens (tertiary/aromatic N) is 4. The van der Waals surface area contributed by atoms with Crippen LogP contribution < -0.4 is 0 Å². The third-order valence-electron chi connectivity index (χ3n) is 4.72. The van der Waals surface area contributed by atoms with Gasteiger partial charge in [-0.15, -0.1) is 0 Å². The number of aromatic nitrogens is 3. The normalized spacial score (nSPS) is 30.0. The van der Waals surface area contributed by atoms with Crippen LogP contribution in [0.15, 0.2) is 12.7 Å². The van der Waals surface area contributed by atoms with Crippen molar-refractivity contribution in [2.24, 2.45) is 0 Å². The minimum absolute atomic E-state index is 0.0466. The van der Waals surface area contributed by atoms with E-state index >= 15 is 0 Å². The van der Waals surface area contributed by atoms with Crippen LogP contribution in [0.25, 0.3) is 0 Å². The van der Waals surface area contributed by atoms with Crippen molar-refractivity contribution in [2.75, 3.05) is 25.4 Å². The molecular formula is C13H17FN4O4S. The van der Waals surface area contributed by atoms with Gasteiger partial charge in [0.2, 0.25) is 0 Å². The van der Waals surface area contributed by atoms with Crippen molar-refractivity contribution >= 4 is 15.7 Å². The van der Waals surface area contributed by atoms with Gasteiger partial charge in [-0.1, -0.05) is 0 Å².